The van der Waals surface area contributed by atoms with E-state index in [0.717, 1.165) is 5.56 Å². The number of esters is 1. The lowest BCUT2D eigenvalue weighted by molar-refractivity contribution is -0.152. The zero-order valence-corrected chi connectivity index (χ0v) is 13.5. The summed E-state index contributed by atoms with van der Waals surface area (Å²) in [6.45, 7) is 0.945. The van der Waals surface area contributed by atoms with Crippen molar-refractivity contribution in [1.29, 1.82) is 0 Å². The highest BCUT2D eigenvalue weighted by Crippen LogP contribution is 2.12. The molecule has 0 bridgehead atoms. The minimum Gasteiger partial charge on any atom is -0.461 e. The Labute approximate surface area is 136 Å². The molecular formula is C15H17BrN2O4. The van der Waals surface area contributed by atoms with Crippen LogP contribution in [0.2, 0.25) is 0 Å². The topological polar surface area (TPSA) is 75.7 Å². The van der Waals surface area contributed by atoms with Gasteiger partial charge >= 0.3 is 5.97 Å². The molecular weight excluding hydrogens is 352 g/mol. The first kappa shape index (κ1) is 16.5. The van der Waals surface area contributed by atoms with Crippen molar-refractivity contribution in [2.75, 3.05) is 18.4 Å². The number of hydrogen-bond acceptors (Lipinski definition) is 4. The second-order valence-corrected chi connectivity index (χ2v) is 5.44. The van der Waals surface area contributed by atoms with Gasteiger partial charge in [0.15, 0.2) is 0 Å². The monoisotopic (exact) mass is 368 g/mol. The first-order chi connectivity index (χ1) is 10.6. The fourth-order valence-corrected chi connectivity index (χ4v) is 2.57. The molecule has 1 saturated heterocycles. The summed E-state index contributed by atoms with van der Waals surface area (Å²) in [4.78, 5) is 37.1. The van der Waals surface area contributed by atoms with Crippen molar-refractivity contribution in [3.63, 3.8) is 0 Å². The molecule has 6 nitrogen and oxygen atoms in total. The molecule has 1 heterocycles. The molecule has 0 aliphatic carbocycles. The fraction of sp³-hybridized carbons (Fsp3) is 0.400. The quantitative estimate of drug-likeness (QED) is 0.617. The van der Waals surface area contributed by atoms with Crippen LogP contribution in [-0.4, -0.2) is 47.1 Å². The van der Waals surface area contributed by atoms with Crippen molar-refractivity contribution in [3.8, 4) is 0 Å². The molecule has 1 fully saturated rings. The molecule has 2 amide bonds. The van der Waals surface area contributed by atoms with E-state index in [1.165, 1.54) is 4.90 Å². The number of alkyl halides is 1. The third-order valence-electron chi connectivity index (χ3n) is 3.37. The zero-order valence-electron chi connectivity index (χ0n) is 12.0. The number of carbonyl (C=O) groups is 3. The van der Waals surface area contributed by atoms with Gasteiger partial charge in [0.1, 0.15) is 12.6 Å². The molecule has 1 N–H and O–H groups in total. The average molecular weight is 369 g/mol. The summed E-state index contributed by atoms with van der Waals surface area (Å²) < 4.78 is 5.17. The Kier molecular flexibility index (Phi) is 5.94. The maximum Gasteiger partial charge on any atom is 0.308 e. The van der Waals surface area contributed by atoms with Gasteiger partial charge in [0.05, 0.1) is 11.8 Å². The summed E-state index contributed by atoms with van der Waals surface area (Å²) >= 11 is 3.09. The van der Waals surface area contributed by atoms with Crippen LogP contribution in [0.1, 0.15) is 12.0 Å². The van der Waals surface area contributed by atoms with Gasteiger partial charge in [-0.15, -0.1) is 0 Å². The second kappa shape index (κ2) is 7.93. The lowest BCUT2D eigenvalue weighted by Crippen LogP contribution is -2.58. The molecule has 7 heteroatoms. The highest BCUT2D eigenvalue weighted by Gasteiger charge is 2.34. The number of rotatable bonds is 5. The summed E-state index contributed by atoms with van der Waals surface area (Å²) in [7, 11) is 0. The van der Waals surface area contributed by atoms with Crippen LogP contribution in [0.15, 0.2) is 30.3 Å². The second-order valence-electron chi connectivity index (χ2n) is 4.88. The van der Waals surface area contributed by atoms with Crippen molar-refractivity contribution in [1.82, 2.24) is 10.2 Å². The molecule has 22 heavy (non-hydrogen) atoms. The first-order valence-corrected chi connectivity index (χ1v) is 8.06. The SMILES string of the molecule is O=C(CC1C(=O)NCCN1C(=O)CBr)OCc1ccccc1. The Bertz CT molecular complexity index is 550. The van der Waals surface area contributed by atoms with Crippen LogP contribution in [0.4, 0.5) is 0 Å². The highest BCUT2D eigenvalue weighted by atomic mass is 79.9. The maximum absolute atomic E-state index is 11.9. The van der Waals surface area contributed by atoms with Gasteiger partial charge in [-0.3, -0.25) is 14.4 Å². The Morgan fingerprint density at radius 3 is 2.73 bits per heavy atom. The van der Waals surface area contributed by atoms with Crippen LogP contribution in [-0.2, 0) is 25.7 Å². The predicted molar refractivity (Wildman–Crippen MR) is 83.2 cm³/mol. The van der Waals surface area contributed by atoms with E-state index in [-0.39, 0.29) is 30.2 Å². The molecule has 1 aliphatic heterocycles. The van der Waals surface area contributed by atoms with E-state index < -0.39 is 12.0 Å². The number of amides is 2. The third-order valence-corrected chi connectivity index (χ3v) is 3.85. The van der Waals surface area contributed by atoms with E-state index in [1.807, 2.05) is 30.3 Å². The van der Waals surface area contributed by atoms with Crippen molar-refractivity contribution in [2.45, 2.75) is 19.1 Å². The Balaban J connectivity index is 1.92. The number of nitrogens with one attached hydrogen (secondary N) is 1. The predicted octanol–water partition coefficient (Wildman–Crippen LogP) is 0.842. The number of halogens is 1. The van der Waals surface area contributed by atoms with Gasteiger partial charge in [-0.25, -0.2) is 0 Å². The third kappa shape index (κ3) is 4.30. The van der Waals surface area contributed by atoms with Crippen molar-refractivity contribution in [3.05, 3.63) is 35.9 Å². The summed E-state index contributed by atoms with van der Waals surface area (Å²) in [6, 6.07) is 8.48. The summed E-state index contributed by atoms with van der Waals surface area (Å²) in [5, 5.41) is 2.79. The van der Waals surface area contributed by atoms with Crippen LogP contribution in [0.25, 0.3) is 0 Å². The molecule has 1 unspecified atom stereocenters. The lowest BCUT2D eigenvalue weighted by atomic mass is 10.1. The molecule has 1 aromatic rings. The number of piperazine rings is 1. The van der Waals surface area contributed by atoms with Crippen molar-refractivity contribution < 1.29 is 19.1 Å². The van der Waals surface area contributed by atoms with E-state index in [9.17, 15) is 14.4 Å². The fourth-order valence-electron chi connectivity index (χ4n) is 2.25. The van der Waals surface area contributed by atoms with Crippen LogP contribution < -0.4 is 5.32 Å². The molecule has 0 saturated carbocycles. The summed E-state index contributed by atoms with van der Waals surface area (Å²) in [5.41, 5.74) is 0.873. The van der Waals surface area contributed by atoms with Crippen LogP contribution >= 0.6 is 15.9 Å². The smallest absolute Gasteiger partial charge is 0.308 e. The van der Waals surface area contributed by atoms with E-state index in [1.54, 1.807) is 0 Å². The standard InChI is InChI=1S/C15H17BrN2O4/c16-9-13(19)18-7-6-17-15(21)12(18)8-14(20)22-10-11-4-2-1-3-5-11/h1-5,12H,6-10H2,(H,17,21). The normalized spacial score (nSPS) is 17.8. The number of hydrogen-bond donors (Lipinski definition) is 1. The van der Waals surface area contributed by atoms with Gasteiger partial charge in [0.25, 0.3) is 0 Å². The molecule has 0 radical (unpaired) electrons. The van der Waals surface area contributed by atoms with E-state index in [2.05, 4.69) is 21.2 Å². The molecule has 0 aromatic heterocycles. The summed E-state index contributed by atoms with van der Waals surface area (Å²) in [5.74, 6) is -1.04. The van der Waals surface area contributed by atoms with Crippen LogP contribution in [0.5, 0.6) is 0 Å². The minimum atomic E-state index is -0.804. The van der Waals surface area contributed by atoms with Gasteiger partial charge in [0, 0.05) is 13.1 Å². The molecule has 1 atom stereocenters. The molecule has 1 aliphatic rings. The van der Waals surface area contributed by atoms with Crippen molar-refractivity contribution in [2.24, 2.45) is 0 Å². The Morgan fingerprint density at radius 1 is 1.32 bits per heavy atom. The zero-order chi connectivity index (χ0) is 15.9. The molecule has 0 spiro atoms. The number of benzene rings is 1. The number of nitrogens with zero attached hydrogens (tertiary/aromatic N) is 1. The van der Waals surface area contributed by atoms with E-state index in [0.29, 0.717) is 13.1 Å². The van der Waals surface area contributed by atoms with Gasteiger partial charge in [0.2, 0.25) is 11.8 Å². The van der Waals surface area contributed by atoms with E-state index >= 15 is 0 Å². The Hall–Kier alpha value is -1.89. The molecule has 2 rings (SSSR count). The number of carbonyl (C=O) groups excluding carboxylic acids is 3. The summed E-state index contributed by atoms with van der Waals surface area (Å²) in [6.07, 6.45) is -0.141. The van der Waals surface area contributed by atoms with Gasteiger partial charge in [-0.2, -0.15) is 0 Å². The first-order valence-electron chi connectivity index (χ1n) is 6.94. The van der Waals surface area contributed by atoms with Crippen LogP contribution in [0, 0.1) is 0 Å². The van der Waals surface area contributed by atoms with E-state index in [4.69, 9.17) is 4.74 Å². The highest BCUT2D eigenvalue weighted by molar-refractivity contribution is 9.09. The lowest BCUT2D eigenvalue weighted by Gasteiger charge is -2.34. The molecule has 118 valence electrons. The average Bonchev–Trinajstić information content (AvgIpc) is 2.55. The van der Waals surface area contributed by atoms with Crippen LogP contribution in [0.3, 0.4) is 0 Å². The number of ether oxygens (including phenoxy) is 1. The van der Waals surface area contributed by atoms with Crippen molar-refractivity contribution >= 4 is 33.7 Å². The van der Waals surface area contributed by atoms with Gasteiger partial charge in [-0.1, -0.05) is 46.3 Å². The van der Waals surface area contributed by atoms with Gasteiger partial charge < -0.3 is 15.0 Å². The molecule has 1 aromatic carbocycles. The van der Waals surface area contributed by atoms with Gasteiger partial charge in [-0.05, 0) is 5.56 Å². The maximum atomic E-state index is 11.9. The largest absolute Gasteiger partial charge is 0.461 e. The minimum absolute atomic E-state index is 0.121. The Morgan fingerprint density at radius 2 is 2.05 bits per heavy atom.